The van der Waals surface area contributed by atoms with Gasteiger partial charge >= 0.3 is 0 Å². The van der Waals surface area contributed by atoms with Crippen LogP contribution in [0.5, 0.6) is 5.75 Å². The number of pyridine rings is 1. The second-order valence-electron chi connectivity index (χ2n) is 8.61. The molecule has 2 aromatic heterocycles. The average molecular weight is 573 g/mol. The molecule has 2 N–H and O–H groups in total. The van der Waals surface area contributed by atoms with Crippen LogP contribution in [0.3, 0.4) is 0 Å². The molecule has 1 aromatic carbocycles. The van der Waals surface area contributed by atoms with E-state index in [9.17, 15) is 18.4 Å². The molecule has 3 heterocycles. The summed E-state index contributed by atoms with van der Waals surface area (Å²) in [7, 11) is 0. The van der Waals surface area contributed by atoms with Crippen molar-refractivity contribution in [2.75, 3.05) is 19.8 Å². The maximum Gasteiger partial charge on any atom is 0.290 e. The Morgan fingerprint density at radius 2 is 1.95 bits per heavy atom. The maximum atomic E-state index is 15.2. The quantitative estimate of drug-likeness (QED) is 0.387. The van der Waals surface area contributed by atoms with Gasteiger partial charge in [0.15, 0.2) is 5.54 Å². The van der Waals surface area contributed by atoms with Gasteiger partial charge in [-0.15, -0.1) is 0 Å². The van der Waals surface area contributed by atoms with Crippen molar-refractivity contribution in [3.05, 3.63) is 63.5 Å². The molecule has 0 spiro atoms. The minimum atomic E-state index is -2.76. The lowest BCUT2D eigenvalue weighted by Gasteiger charge is -2.40. The standard InChI is InChI=1S/C24H21Cl2F3N4O5/c1-11-3-18(38-33-11)22(34)32-24(9-36-10-24)23(35)31-12(2)20-17(27)4-13(7-30-20)15-5-14(25)6-16(26)21(15)37-8-19(28)29/h3-7,12,19H,8-10H2,1-2H3,(H,31,35)(H,32,34)/t12-/m1/s1. The van der Waals surface area contributed by atoms with Crippen LogP contribution in [-0.4, -0.2) is 53.7 Å². The molecule has 1 aliphatic rings. The molecule has 1 aliphatic heterocycles. The fourth-order valence-electron chi connectivity index (χ4n) is 3.70. The van der Waals surface area contributed by atoms with Crippen LogP contribution in [0.4, 0.5) is 13.2 Å². The maximum absolute atomic E-state index is 15.2. The Bertz CT molecular complexity index is 1370. The number of carbonyl (C=O) groups excluding carboxylic acids is 2. The van der Waals surface area contributed by atoms with Crippen molar-refractivity contribution in [2.45, 2.75) is 31.9 Å². The van der Waals surface area contributed by atoms with Gasteiger partial charge < -0.3 is 24.6 Å². The van der Waals surface area contributed by atoms with Crippen molar-refractivity contribution in [3.63, 3.8) is 0 Å². The third-order valence-electron chi connectivity index (χ3n) is 5.64. The first-order valence-corrected chi connectivity index (χ1v) is 11.9. The van der Waals surface area contributed by atoms with E-state index in [1.54, 1.807) is 6.92 Å². The average Bonchev–Trinajstić information content (AvgIpc) is 3.26. The van der Waals surface area contributed by atoms with Crippen molar-refractivity contribution in [2.24, 2.45) is 0 Å². The summed E-state index contributed by atoms with van der Waals surface area (Å²) in [6.45, 7) is 2.02. The van der Waals surface area contributed by atoms with E-state index >= 15 is 4.39 Å². The Hall–Kier alpha value is -3.35. The highest BCUT2D eigenvalue weighted by Gasteiger charge is 2.48. The molecule has 0 saturated carbocycles. The van der Waals surface area contributed by atoms with E-state index in [4.69, 9.17) is 37.2 Å². The molecule has 38 heavy (non-hydrogen) atoms. The minimum absolute atomic E-state index is 0.0335. The number of alkyl halides is 2. The molecule has 3 aromatic rings. The highest BCUT2D eigenvalue weighted by molar-refractivity contribution is 6.36. The molecule has 1 atom stereocenters. The molecule has 0 bridgehead atoms. The predicted octanol–water partition coefficient (Wildman–Crippen LogP) is 4.51. The highest BCUT2D eigenvalue weighted by Crippen LogP contribution is 2.39. The van der Waals surface area contributed by atoms with Gasteiger partial charge in [-0.25, -0.2) is 13.2 Å². The topological polar surface area (TPSA) is 116 Å². The van der Waals surface area contributed by atoms with Crippen LogP contribution < -0.4 is 15.4 Å². The summed E-state index contributed by atoms with van der Waals surface area (Å²) in [6, 6.07) is 4.29. The third-order valence-corrected chi connectivity index (χ3v) is 6.14. The number of carbonyl (C=O) groups is 2. The summed E-state index contributed by atoms with van der Waals surface area (Å²) in [6.07, 6.45) is -1.49. The Kier molecular flexibility index (Phi) is 8.14. The number of nitrogens with zero attached hydrogens (tertiary/aromatic N) is 2. The van der Waals surface area contributed by atoms with Gasteiger partial charge in [0.1, 0.15) is 18.2 Å². The molecule has 0 aliphatic carbocycles. The second-order valence-corrected chi connectivity index (χ2v) is 9.46. The van der Waals surface area contributed by atoms with Crippen LogP contribution in [0, 0.1) is 12.7 Å². The minimum Gasteiger partial charge on any atom is -0.485 e. The molecule has 202 valence electrons. The van der Waals surface area contributed by atoms with E-state index in [1.165, 1.54) is 31.3 Å². The lowest BCUT2D eigenvalue weighted by Crippen LogP contribution is -2.70. The number of aromatic nitrogens is 2. The van der Waals surface area contributed by atoms with Crippen LogP contribution in [0.2, 0.25) is 10.0 Å². The first-order valence-electron chi connectivity index (χ1n) is 11.2. The molecule has 0 radical (unpaired) electrons. The van der Waals surface area contributed by atoms with E-state index in [0.717, 1.165) is 6.07 Å². The number of nitrogens with one attached hydrogen (secondary N) is 2. The third kappa shape index (κ3) is 5.87. The Morgan fingerprint density at radius 3 is 2.53 bits per heavy atom. The van der Waals surface area contributed by atoms with Crippen LogP contribution in [-0.2, 0) is 9.53 Å². The van der Waals surface area contributed by atoms with Crippen molar-refractivity contribution in [3.8, 4) is 16.9 Å². The van der Waals surface area contributed by atoms with Gasteiger partial charge in [0, 0.05) is 28.4 Å². The highest BCUT2D eigenvalue weighted by atomic mass is 35.5. The summed E-state index contributed by atoms with van der Waals surface area (Å²) >= 11 is 12.2. The lowest BCUT2D eigenvalue weighted by molar-refractivity contribution is -0.147. The van der Waals surface area contributed by atoms with E-state index in [2.05, 4.69) is 20.8 Å². The molecule has 2 amide bonds. The monoisotopic (exact) mass is 572 g/mol. The lowest BCUT2D eigenvalue weighted by atomic mass is 9.95. The predicted molar refractivity (Wildman–Crippen MR) is 130 cm³/mol. The molecule has 14 heteroatoms. The second kappa shape index (κ2) is 11.2. The number of rotatable bonds is 9. The zero-order chi connectivity index (χ0) is 27.6. The Balaban J connectivity index is 1.52. The zero-order valence-corrected chi connectivity index (χ0v) is 21.5. The van der Waals surface area contributed by atoms with Crippen molar-refractivity contribution in [1.82, 2.24) is 20.8 Å². The Labute approximate surface area is 224 Å². The van der Waals surface area contributed by atoms with Gasteiger partial charge in [0.05, 0.1) is 35.7 Å². The van der Waals surface area contributed by atoms with Crippen molar-refractivity contribution >= 4 is 35.0 Å². The normalized spacial score (nSPS) is 15.1. The first-order chi connectivity index (χ1) is 18.0. The van der Waals surface area contributed by atoms with E-state index in [0.29, 0.717) is 5.69 Å². The largest absolute Gasteiger partial charge is 0.485 e. The first kappa shape index (κ1) is 27.7. The smallest absolute Gasteiger partial charge is 0.290 e. The van der Waals surface area contributed by atoms with Gasteiger partial charge in [0.2, 0.25) is 5.76 Å². The van der Waals surface area contributed by atoms with E-state index in [1.807, 2.05) is 0 Å². The number of hydrogen-bond donors (Lipinski definition) is 2. The van der Waals surface area contributed by atoms with Crippen molar-refractivity contribution < 1.29 is 36.8 Å². The summed E-state index contributed by atoms with van der Waals surface area (Å²) in [5, 5.41) is 9.00. The van der Waals surface area contributed by atoms with Crippen LogP contribution in [0.25, 0.3) is 11.1 Å². The summed E-state index contributed by atoms with van der Waals surface area (Å²) in [5.74, 6) is -2.25. The fraction of sp³-hybridized carbons (Fsp3) is 0.333. The fourth-order valence-corrected chi connectivity index (χ4v) is 4.25. The molecule has 1 saturated heterocycles. The SMILES string of the molecule is Cc1cc(C(=O)NC2(C(=O)N[C@H](C)c3ncc(-c4cc(Cl)cc(Cl)c4OCC(F)F)cc3F)COC2)on1. The molecule has 9 nitrogen and oxygen atoms in total. The van der Waals surface area contributed by atoms with Gasteiger partial charge in [0.25, 0.3) is 18.2 Å². The summed E-state index contributed by atoms with van der Waals surface area (Å²) < 4.78 is 55.8. The number of halogens is 5. The number of aryl methyl sites for hydroxylation is 1. The van der Waals surface area contributed by atoms with E-state index < -0.39 is 42.2 Å². The number of ether oxygens (including phenoxy) is 2. The van der Waals surface area contributed by atoms with Gasteiger partial charge in [-0.1, -0.05) is 28.4 Å². The van der Waals surface area contributed by atoms with E-state index in [-0.39, 0.29) is 51.6 Å². The van der Waals surface area contributed by atoms with Crippen LogP contribution >= 0.6 is 23.2 Å². The molecular formula is C24H21Cl2F3N4O5. The number of hydrogen-bond acceptors (Lipinski definition) is 7. The molecule has 0 unspecified atom stereocenters. The van der Waals surface area contributed by atoms with Crippen molar-refractivity contribution in [1.29, 1.82) is 0 Å². The summed E-state index contributed by atoms with van der Waals surface area (Å²) in [5.41, 5.74) is -0.690. The Morgan fingerprint density at radius 1 is 1.21 bits per heavy atom. The van der Waals surface area contributed by atoms with Crippen LogP contribution in [0.1, 0.15) is 34.9 Å². The molecule has 4 rings (SSSR count). The molecule has 1 fully saturated rings. The zero-order valence-electron chi connectivity index (χ0n) is 20.0. The van der Waals surface area contributed by atoms with Crippen LogP contribution in [0.15, 0.2) is 35.0 Å². The number of benzene rings is 1. The number of amides is 2. The summed E-state index contributed by atoms with van der Waals surface area (Å²) in [4.78, 5) is 29.6. The molecular weight excluding hydrogens is 552 g/mol. The van der Waals surface area contributed by atoms with Gasteiger partial charge in [-0.3, -0.25) is 14.6 Å². The van der Waals surface area contributed by atoms with Gasteiger partial charge in [-0.05, 0) is 32.0 Å². The van der Waals surface area contributed by atoms with Gasteiger partial charge in [-0.2, -0.15) is 0 Å².